The average Bonchev–Trinajstić information content (AvgIpc) is 3.18. The Labute approximate surface area is 171 Å². The summed E-state index contributed by atoms with van der Waals surface area (Å²) in [4.78, 5) is 4.63. The Morgan fingerprint density at radius 3 is 2.59 bits per heavy atom. The number of nitrogens with zero attached hydrogens (tertiary/aromatic N) is 2. The van der Waals surface area contributed by atoms with Crippen molar-refractivity contribution in [2.24, 2.45) is 0 Å². The van der Waals surface area contributed by atoms with Crippen LogP contribution in [0.4, 0.5) is 0 Å². The summed E-state index contributed by atoms with van der Waals surface area (Å²) in [5, 5.41) is 12.2. The summed E-state index contributed by atoms with van der Waals surface area (Å²) in [6, 6.07) is 20.0. The van der Waals surface area contributed by atoms with Gasteiger partial charge in [-0.1, -0.05) is 46.3 Å². The van der Waals surface area contributed by atoms with E-state index in [4.69, 9.17) is 4.74 Å². The minimum absolute atomic E-state index is 0.524. The average molecular weight is 437 g/mol. The van der Waals surface area contributed by atoms with Crippen molar-refractivity contribution in [3.05, 3.63) is 81.1 Å². The topological polar surface area (TPSA) is 45.9 Å². The van der Waals surface area contributed by atoms with Crippen molar-refractivity contribution in [3.8, 4) is 23.1 Å². The van der Waals surface area contributed by atoms with E-state index in [1.165, 1.54) is 11.3 Å². The lowest BCUT2D eigenvalue weighted by molar-refractivity contribution is 0.340. The molecule has 0 aliphatic rings. The number of nitriles is 1. The molecule has 0 aliphatic carbocycles. The number of hydrogen-bond donors (Lipinski definition) is 0. The Morgan fingerprint density at radius 2 is 1.93 bits per heavy atom. The Hall–Kier alpha value is -2.68. The van der Waals surface area contributed by atoms with Crippen molar-refractivity contribution in [2.45, 2.75) is 6.92 Å². The summed E-state index contributed by atoms with van der Waals surface area (Å²) >= 11 is 4.98. The van der Waals surface area contributed by atoms with Crippen LogP contribution in [0.2, 0.25) is 0 Å². The molecule has 0 spiro atoms. The monoisotopic (exact) mass is 436 g/mol. The quantitative estimate of drug-likeness (QED) is 0.324. The van der Waals surface area contributed by atoms with Gasteiger partial charge in [0, 0.05) is 15.4 Å². The predicted molar refractivity (Wildman–Crippen MR) is 116 cm³/mol. The van der Waals surface area contributed by atoms with Gasteiger partial charge >= 0.3 is 0 Å². The third kappa shape index (κ3) is 5.16. The van der Waals surface area contributed by atoms with E-state index in [-0.39, 0.29) is 0 Å². The second kappa shape index (κ2) is 9.31. The molecule has 2 aromatic carbocycles. The maximum absolute atomic E-state index is 9.55. The first-order chi connectivity index (χ1) is 13.2. The zero-order valence-corrected chi connectivity index (χ0v) is 17.1. The van der Waals surface area contributed by atoms with Crippen molar-refractivity contribution >= 4 is 38.9 Å². The lowest BCUT2D eigenvalue weighted by atomic mass is 10.1. The molecule has 0 aliphatic heterocycles. The van der Waals surface area contributed by atoms with Crippen LogP contribution in [0.3, 0.4) is 0 Å². The number of allylic oxidation sites excluding steroid dienone is 3. The van der Waals surface area contributed by atoms with Gasteiger partial charge < -0.3 is 4.74 Å². The van der Waals surface area contributed by atoms with Gasteiger partial charge in [-0.25, -0.2) is 4.98 Å². The highest BCUT2D eigenvalue weighted by atomic mass is 79.9. The molecule has 1 heterocycles. The molecule has 0 saturated heterocycles. The van der Waals surface area contributed by atoms with E-state index in [0.717, 1.165) is 27.1 Å². The van der Waals surface area contributed by atoms with Gasteiger partial charge in [0.1, 0.15) is 16.8 Å². The van der Waals surface area contributed by atoms with Gasteiger partial charge in [0.25, 0.3) is 0 Å². The molecular weight excluding hydrogens is 420 g/mol. The van der Waals surface area contributed by atoms with Gasteiger partial charge in [-0.2, -0.15) is 5.26 Å². The molecule has 5 heteroatoms. The first-order valence-corrected chi connectivity index (χ1v) is 10.1. The molecule has 3 nitrogen and oxygen atoms in total. The van der Waals surface area contributed by atoms with Gasteiger partial charge in [-0.3, -0.25) is 0 Å². The van der Waals surface area contributed by atoms with Crippen LogP contribution in [0, 0.1) is 11.3 Å². The number of halogens is 1. The second-order valence-electron chi connectivity index (χ2n) is 5.61. The van der Waals surface area contributed by atoms with E-state index in [0.29, 0.717) is 17.2 Å². The highest BCUT2D eigenvalue weighted by Gasteiger charge is 2.09. The summed E-state index contributed by atoms with van der Waals surface area (Å²) < 4.78 is 6.29. The third-order valence-corrected chi connectivity index (χ3v) is 5.04. The summed E-state index contributed by atoms with van der Waals surface area (Å²) in [6.45, 7) is 2.60. The van der Waals surface area contributed by atoms with Crippen LogP contribution in [-0.2, 0) is 0 Å². The van der Waals surface area contributed by atoms with Crippen LogP contribution in [0.1, 0.15) is 17.5 Å². The maximum atomic E-state index is 9.55. The van der Waals surface area contributed by atoms with E-state index in [1.807, 2.05) is 73.0 Å². The minimum Gasteiger partial charge on any atom is -0.494 e. The highest BCUT2D eigenvalue weighted by molar-refractivity contribution is 9.12. The molecule has 0 atom stereocenters. The molecule has 0 N–H and O–H groups in total. The van der Waals surface area contributed by atoms with Gasteiger partial charge in [0.2, 0.25) is 0 Å². The lowest BCUT2D eigenvalue weighted by Crippen LogP contribution is -1.90. The SMILES string of the molecule is CCOc1ccc(-c2csc(C(C#N)=CC(Br)=Cc3ccccc3)n2)cc1. The molecule has 3 aromatic rings. The number of thiazole rings is 1. The fraction of sp³-hybridized carbons (Fsp3) is 0.0909. The molecule has 0 saturated carbocycles. The summed E-state index contributed by atoms with van der Waals surface area (Å²) in [5.74, 6) is 0.837. The van der Waals surface area contributed by atoms with Crippen LogP contribution in [0.25, 0.3) is 22.9 Å². The van der Waals surface area contributed by atoms with Crippen molar-refractivity contribution in [1.82, 2.24) is 4.98 Å². The molecule has 0 unspecified atom stereocenters. The number of aromatic nitrogens is 1. The van der Waals surface area contributed by atoms with Crippen molar-refractivity contribution < 1.29 is 4.74 Å². The molecule has 3 rings (SSSR count). The molecule has 134 valence electrons. The van der Waals surface area contributed by atoms with Crippen LogP contribution in [0.5, 0.6) is 5.75 Å². The Morgan fingerprint density at radius 1 is 1.19 bits per heavy atom. The summed E-state index contributed by atoms with van der Waals surface area (Å²) in [6.07, 6.45) is 3.77. The van der Waals surface area contributed by atoms with Gasteiger partial charge in [-0.15, -0.1) is 11.3 Å². The van der Waals surface area contributed by atoms with Gasteiger partial charge in [-0.05, 0) is 48.9 Å². The molecular formula is C22H17BrN2OS. The fourth-order valence-corrected chi connectivity index (χ4v) is 3.74. The number of hydrogen-bond acceptors (Lipinski definition) is 4. The Balaban J connectivity index is 1.83. The molecule has 27 heavy (non-hydrogen) atoms. The van der Waals surface area contributed by atoms with Crippen LogP contribution in [0.15, 0.2) is 70.5 Å². The van der Waals surface area contributed by atoms with Crippen LogP contribution >= 0.6 is 27.3 Å². The number of ether oxygens (including phenoxy) is 1. The largest absolute Gasteiger partial charge is 0.494 e. The molecule has 1 aromatic heterocycles. The summed E-state index contributed by atoms with van der Waals surface area (Å²) in [5.41, 5.74) is 3.43. The van der Waals surface area contributed by atoms with Crippen molar-refractivity contribution in [3.63, 3.8) is 0 Å². The lowest BCUT2D eigenvalue weighted by Gasteiger charge is -2.03. The number of rotatable bonds is 6. The van der Waals surface area contributed by atoms with Gasteiger partial charge in [0.05, 0.1) is 17.9 Å². The van der Waals surface area contributed by atoms with Crippen molar-refractivity contribution in [1.29, 1.82) is 5.26 Å². The predicted octanol–water partition coefficient (Wildman–Crippen LogP) is 6.55. The van der Waals surface area contributed by atoms with E-state index in [1.54, 1.807) is 6.08 Å². The molecule has 0 radical (unpaired) electrons. The highest BCUT2D eigenvalue weighted by Crippen LogP contribution is 2.29. The standard InChI is InChI=1S/C22H17BrN2OS/c1-2-26-20-10-8-17(9-11-20)21-15-27-22(25-21)18(14-24)13-19(23)12-16-6-4-3-5-7-16/h3-13,15H,2H2,1H3. The van der Waals surface area contributed by atoms with E-state index < -0.39 is 0 Å². The van der Waals surface area contributed by atoms with Gasteiger partial charge in [0.15, 0.2) is 0 Å². The first-order valence-electron chi connectivity index (χ1n) is 8.42. The normalized spacial score (nSPS) is 11.9. The summed E-state index contributed by atoms with van der Waals surface area (Å²) in [7, 11) is 0. The molecule has 0 amide bonds. The zero-order chi connectivity index (χ0) is 19.1. The molecule has 0 bridgehead atoms. The van der Waals surface area contributed by atoms with E-state index >= 15 is 0 Å². The van der Waals surface area contributed by atoms with Crippen LogP contribution in [-0.4, -0.2) is 11.6 Å². The Kier molecular flexibility index (Phi) is 6.59. The maximum Gasteiger partial charge on any atom is 0.134 e. The minimum atomic E-state index is 0.524. The third-order valence-electron chi connectivity index (χ3n) is 3.70. The second-order valence-corrected chi connectivity index (χ2v) is 7.38. The smallest absolute Gasteiger partial charge is 0.134 e. The van der Waals surface area contributed by atoms with E-state index in [9.17, 15) is 5.26 Å². The van der Waals surface area contributed by atoms with Crippen LogP contribution < -0.4 is 4.74 Å². The number of benzene rings is 2. The Bertz CT molecular complexity index is 999. The fourth-order valence-electron chi connectivity index (χ4n) is 2.45. The zero-order valence-electron chi connectivity index (χ0n) is 14.7. The van der Waals surface area contributed by atoms with E-state index in [2.05, 4.69) is 27.0 Å². The molecule has 0 fully saturated rings. The first kappa shape index (κ1) is 19.1. The van der Waals surface area contributed by atoms with Crippen molar-refractivity contribution in [2.75, 3.05) is 6.61 Å².